The Bertz CT molecular complexity index is 565. The molecule has 4 nitrogen and oxygen atoms in total. The highest BCUT2D eigenvalue weighted by molar-refractivity contribution is 6.74. The van der Waals surface area contributed by atoms with Crippen molar-refractivity contribution in [1.82, 2.24) is 0 Å². The van der Waals surface area contributed by atoms with Crippen LogP contribution < -0.4 is 0 Å². The number of ether oxygens (including phenoxy) is 3. The Hall–Kier alpha value is -1.14. The molecule has 2 rings (SSSR count). The summed E-state index contributed by atoms with van der Waals surface area (Å²) in [5.74, 6) is 0.609. The van der Waals surface area contributed by atoms with E-state index in [-0.39, 0.29) is 17.2 Å². The van der Waals surface area contributed by atoms with Crippen molar-refractivity contribution in [3.8, 4) is 0 Å². The molecule has 1 aliphatic heterocycles. The van der Waals surface area contributed by atoms with Crippen LogP contribution in [0.5, 0.6) is 0 Å². The summed E-state index contributed by atoms with van der Waals surface area (Å²) < 4.78 is 24.0. The molecule has 0 saturated carbocycles. The fraction of sp³-hybridized carbons (Fsp3) is 0.600. The third kappa shape index (κ3) is 5.17. The van der Waals surface area contributed by atoms with Crippen LogP contribution >= 0.6 is 0 Å². The first kappa shape index (κ1) is 20.2. The number of rotatable bonds is 6. The third-order valence-electron chi connectivity index (χ3n) is 5.16. The molecule has 0 unspecified atom stereocenters. The Morgan fingerprint density at radius 3 is 2.40 bits per heavy atom. The van der Waals surface area contributed by atoms with E-state index in [0.717, 1.165) is 5.56 Å². The van der Waals surface area contributed by atoms with Crippen molar-refractivity contribution >= 4 is 8.32 Å². The van der Waals surface area contributed by atoms with E-state index in [0.29, 0.717) is 18.8 Å². The second-order valence-electron chi connectivity index (χ2n) is 8.13. The molecule has 0 spiro atoms. The highest BCUT2D eigenvalue weighted by Gasteiger charge is 2.44. The van der Waals surface area contributed by atoms with Gasteiger partial charge in [-0.15, -0.1) is 0 Å². The van der Waals surface area contributed by atoms with Crippen LogP contribution in [0.25, 0.3) is 0 Å². The average Bonchev–Trinajstić information content (AvgIpc) is 2.54. The molecular formula is C20H32O4Si. The van der Waals surface area contributed by atoms with Crippen molar-refractivity contribution in [3.05, 3.63) is 48.2 Å². The normalized spacial score (nSPS) is 24.9. The van der Waals surface area contributed by atoms with E-state index in [1.165, 1.54) is 0 Å². The third-order valence-corrected chi connectivity index (χ3v) is 9.66. The van der Waals surface area contributed by atoms with E-state index >= 15 is 0 Å². The second-order valence-corrected chi connectivity index (χ2v) is 12.9. The molecule has 25 heavy (non-hydrogen) atoms. The number of hydrogen-bond acceptors (Lipinski definition) is 4. The zero-order valence-electron chi connectivity index (χ0n) is 16.4. The van der Waals surface area contributed by atoms with Crippen LogP contribution in [-0.2, 0) is 25.2 Å². The number of benzene rings is 1. The monoisotopic (exact) mass is 364 g/mol. The zero-order chi connectivity index (χ0) is 18.7. The molecule has 0 N–H and O–H groups in total. The van der Waals surface area contributed by atoms with Crippen LogP contribution in [0, 0.1) is 0 Å². The highest BCUT2D eigenvalue weighted by Crippen LogP contribution is 2.40. The van der Waals surface area contributed by atoms with E-state index in [1.807, 2.05) is 30.3 Å². The lowest BCUT2D eigenvalue weighted by Crippen LogP contribution is -2.51. The summed E-state index contributed by atoms with van der Waals surface area (Å²) in [6.07, 6.45) is -0.0896. The van der Waals surface area contributed by atoms with Crippen LogP contribution in [0.4, 0.5) is 0 Å². The molecule has 140 valence electrons. The van der Waals surface area contributed by atoms with Gasteiger partial charge in [-0.2, -0.15) is 0 Å². The van der Waals surface area contributed by atoms with Gasteiger partial charge in [-0.25, -0.2) is 0 Å². The molecule has 0 radical (unpaired) electrons. The minimum Gasteiger partial charge on any atom is -0.464 e. The molecule has 1 aromatic rings. The van der Waals surface area contributed by atoms with Gasteiger partial charge in [0.2, 0.25) is 6.29 Å². The lowest BCUT2D eigenvalue weighted by Gasteiger charge is -2.44. The van der Waals surface area contributed by atoms with Crippen LogP contribution in [0.3, 0.4) is 0 Å². The summed E-state index contributed by atoms with van der Waals surface area (Å²) in [4.78, 5) is 0. The van der Waals surface area contributed by atoms with Gasteiger partial charge in [-0.1, -0.05) is 57.7 Å². The molecular weight excluding hydrogens is 332 g/mol. The van der Waals surface area contributed by atoms with E-state index in [1.54, 1.807) is 7.11 Å². The molecule has 0 amide bonds. The molecule has 1 heterocycles. The van der Waals surface area contributed by atoms with Crippen LogP contribution in [0.2, 0.25) is 18.1 Å². The summed E-state index contributed by atoms with van der Waals surface area (Å²) in [6.45, 7) is 15.7. The van der Waals surface area contributed by atoms with Crippen molar-refractivity contribution in [1.29, 1.82) is 0 Å². The lowest BCUT2D eigenvalue weighted by atomic mass is 10.1. The van der Waals surface area contributed by atoms with E-state index in [4.69, 9.17) is 18.6 Å². The maximum atomic E-state index is 6.55. The standard InChI is InChI=1S/C20H32O4Si/c1-15-17(22-14-16-11-9-8-10-12-16)13-18(19(21-5)23-15)24-25(6,7)20(2,3)4/h8-12,17-19H,1,13-14H2,2-7H3/t17-,18+,19-/m0/s1. The Morgan fingerprint density at radius 2 is 1.84 bits per heavy atom. The Kier molecular flexibility index (Phi) is 6.49. The summed E-state index contributed by atoms with van der Waals surface area (Å²) in [5.41, 5.74) is 1.13. The molecule has 0 bridgehead atoms. The first-order valence-corrected chi connectivity index (χ1v) is 11.8. The summed E-state index contributed by atoms with van der Waals surface area (Å²) in [7, 11) is -0.290. The van der Waals surface area contributed by atoms with E-state index in [2.05, 4.69) is 40.4 Å². The SMILES string of the molecule is C=C1O[C@H](OC)[C@H](O[Si](C)(C)C(C)(C)C)C[C@@H]1OCc1ccccc1. The quantitative estimate of drug-likeness (QED) is 0.675. The fourth-order valence-electron chi connectivity index (χ4n) is 2.55. The van der Waals surface area contributed by atoms with Gasteiger partial charge in [-0.05, 0) is 23.7 Å². The molecule has 1 saturated heterocycles. The van der Waals surface area contributed by atoms with Crippen LogP contribution in [-0.4, -0.2) is 33.9 Å². The largest absolute Gasteiger partial charge is 0.464 e. The first-order valence-electron chi connectivity index (χ1n) is 8.85. The molecule has 1 aromatic carbocycles. The molecule has 0 aliphatic carbocycles. The van der Waals surface area contributed by atoms with Gasteiger partial charge in [-0.3, -0.25) is 0 Å². The van der Waals surface area contributed by atoms with E-state index < -0.39 is 14.6 Å². The average molecular weight is 365 g/mol. The maximum Gasteiger partial charge on any atom is 0.224 e. The Labute approximate surface area is 153 Å². The van der Waals surface area contributed by atoms with Gasteiger partial charge in [0.15, 0.2) is 8.32 Å². The summed E-state index contributed by atoms with van der Waals surface area (Å²) in [5, 5.41) is 0.125. The van der Waals surface area contributed by atoms with Gasteiger partial charge in [0.05, 0.1) is 6.61 Å². The van der Waals surface area contributed by atoms with Gasteiger partial charge >= 0.3 is 0 Å². The molecule has 1 aliphatic rings. The van der Waals surface area contributed by atoms with Crippen LogP contribution in [0.15, 0.2) is 42.7 Å². The predicted molar refractivity (Wildman–Crippen MR) is 103 cm³/mol. The smallest absolute Gasteiger partial charge is 0.224 e. The summed E-state index contributed by atoms with van der Waals surface area (Å²) >= 11 is 0. The first-order chi connectivity index (χ1) is 11.6. The zero-order valence-corrected chi connectivity index (χ0v) is 17.4. The summed E-state index contributed by atoms with van der Waals surface area (Å²) in [6, 6.07) is 10.1. The van der Waals surface area contributed by atoms with Crippen molar-refractivity contribution in [3.63, 3.8) is 0 Å². The molecule has 5 heteroatoms. The van der Waals surface area contributed by atoms with Crippen molar-refractivity contribution < 1.29 is 18.6 Å². The van der Waals surface area contributed by atoms with E-state index in [9.17, 15) is 0 Å². The van der Waals surface area contributed by atoms with Gasteiger partial charge in [0, 0.05) is 13.5 Å². The molecule has 3 atom stereocenters. The second kappa shape index (κ2) is 8.04. The molecule has 1 fully saturated rings. The minimum atomic E-state index is -1.93. The van der Waals surface area contributed by atoms with Gasteiger partial charge in [0.1, 0.15) is 18.0 Å². The van der Waals surface area contributed by atoms with Gasteiger partial charge < -0.3 is 18.6 Å². The maximum absolute atomic E-state index is 6.55. The topological polar surface area (TPSA) is 36.9 Å². The highest BCUT2D eigenvalue weighted by atomic mass is 28.4. The van der Waals surface area contributed by atoms with Crippen molar-refractivity contribution in [2.45, 2.75) is 70.4 Å². The molecule has 0 aromatic heterocycles. The van der Waals surface area contributed by atoms with Crippen LogP contribution in [0.1, 0.15) is 32.8 Å². The number of methoxy groups -OCH3 is 1. The van der Waals surface area contributed by atoms with Gasteiger partial charge in [0.25, 0.3) is 0 Å². The predicted octanol–water partition coefficient (Wildman–Crippen LogP) is 4.87. The van der Waals surface area contributed by atoms with Crippen molar-refractivity contribution in [2.24, 2.45) is 0 Å². The Morgan fingerprint density at radius 1 is 1.20 bits per heavy atom. The Balaban J connectivity index is 2.04. The number of hydrogen-bond donors (Lipinski definition) is 0. The minimum absolute atomic E-state index is 0.125. The van der Waals surface area contributed by atoms with Crippen molar-refractivity contribution in [2.75, 3.05) is 7.11 Å². The lowest BCUT2D eigenvalue weighted by molar-refractivity contribution is -0.199. The fourth-order valence-corrected chi connectivity index (χ4v) is 3.86.